The van der Waals surface area contributed by atoms with E-state index < -0.39 is 29.9 Å². The molecule has 1 heterocycles. The topological polar surface area (TPSA) is 124 Å². The lowest BCUT2D eigenvalue weighted by atomic mass is 10.0. The van der Waals surface area contributed by atoms with Gasteiger partial charge in [0.15, 0.2) is 0 Å². The third-order valence-corrected chi connectivity index (χ3v) is 5.76. The number of likely N-dealkylation sites (tertiary alicyclic amines) is 1. The number of nitrogens with zero attached hydrogens (tertiary/aromatic N) is 1. The minimum Gasteiger partial charge on any atom is -0.481 e. The van der Waals surface area contributed by atoms with E-state index in [0.29, 0.717) is 25.8 Å². The molecule has 0 spiro atoms. The predicted molar refractivity (Wildman–Crippen MR) is 128 cm³/mol. The second-order valence-electron chi connectivity index (χ2n) is 8.41. The Morgan fingerprint density at radius 3 is 2.40 bits per heavy atom. The number of rotatable bonds is 10. The summed E-state index contributed by atoms with van der Waals surface area (Å²) in [4.78, 5) is 49.2. The Hall–Kier alpha value is -4.12. The van der Waals surface area contributed by atoms with Crippen LogP contribution in [0.4, 0.5) is 0 Å². The second-order valence-corrected chi connectivity index (χ2v) is 8.41. The average molecular weight is 477 g/mol. The molecule has 0 unspecified atom stereocenters. The number of carboxylic acids is 2. The van der Waals surface area contributed by atoms with E-state index >= 15 is 0 Å². The number of unbranched alkanes of at least 4 members (excludes halogenated alkanes) is 1. The van der Waals surface area contributed by atoms with E-state index in [-0.39, 0.29) is 25.2 Å². The molecule has 182 valence electrons. The van der Waals surface area contributed by atoms with E-state index in [1.165, 1.54) is 4.90 Å². The highest BCUT2D eigenvalue weighted by atomic mass is 16.4. The molecular formula is C27H28N2O6. The molecule has 2 amide bonds. The lowest BCUT2D eigenvalue weighted by Gasteiger charge is -2.25. The third-order valence-electron chi connectivity index (χ3n) is 5.76. The first-order chi connectivity index (χ1) is 16.8. The second kappa shape index (κ2) is 12.4. The smallest absolute Gasteiger partial charge is 0.326 e. The van der Waals surface area contributed by atoms with Gasteiger partial charge in [-0.3, -0.25) is 14.4 Å². The summed E-state index contributed by atoms with van der Waals surface area (Å²) in [7, 11) is 0. The van der Waals surface area contributed by atoms with Crippen LogP contribution in [0.15, 0.2) is 54.6 Å². The van der Waals surface area contributed by atoms with Crippen LogP contribution in [0, 0.1) is 11.8 Å². The van der Waals surface area contributed by atoms with Crippen molar-refractivity contribution >= 4 is 23.8 Å². The largest absolute Gasteiger partial charge is 0.481 e. The molecule has 2 aromatic carbocycles. The molecule has 35 heavy (non-hydrogen) atoms. The van der Waals surface area contributed by atoms with E-state index in [4.69, 9.17) is 5.11 Å². The fourth-order valence-electron chi connectivity index (χ4n) is 3.90. The van der Waals surface area contributed by atoms with Gasteiger partial charge in [0, 0.05) is 37.8 Å². The van der Waals surface area contributed by atoms with Crippen molar-refractivity contribution in [1.29, 1.82) is 0 Å². The van der Waals surface area contributed by atoms with Gasteiger partial charge in [0.05, 0.1) is 0 Å². The summed E-state index contributed by atoms with van der Waals surface area (Å²) in [5, 5.41) is 20.9. The van der Waals surface area contributed by atoms with Gasteiger partial charge in [0.25, 0.3) is 0 Å². The molecule has 1 aliphatic rings. The summed E-state index contributed by atoms with van der Waals surface area (Å²) in [5.41, 5.74) is 2.36. The maximum atomic E-state index is 12.9. The van der Waals surface area contributed by atoms with Crippen LogP contribution in [0.5, 0.6) is 0 Å². The summed E-state index contributed by atoms with van der Waals surface area (Å²) in [6, 6.07) is 14.5. The number of hydrogen-bond acceptors (Lipinski definition) is 4. The maximum Gasteiger partial charge on any atom is 0.326 e. The zero-order valence-electron chi connectivity index (χ0n) is 19.3. The zero-order valence-corrected chi connectivity index (χ0v) is 19.3. The molecule has 3 N–H and O–H groups in total. The molecular weight excluding hydrogens is 448 g/mol. The van der Waals surface area contributed by atoms with Crippen molar-refractivity contribution in [2.24, 2.45) is 0 Å². The molecule has 0 radical (unpaired) electrons. The Labute approximate surface area is 204 Å². The van der Waals surface area contributed by atoms with Crippen LogP contribution < -0.4 is 5.32 Å². The molecule has 2 atom stereocenters. The van der Waals surface area contributed by atoms with Crippen LogP contribution in [0.2, 0.25) is 0 Å². The van der Waals surface area contributed by atoms with E-state index in [1.807, 2.05) is 30.3 Å². The maximum absolute atomic E-state index is 12.9. The van der Waals surface area contributed by atoms with Crippen molar-refractivity contribution < 1.29 is 29.4 Å². The van der Waals surface area contributed by atoms with Gasteiger partial charge in [-0.1, -0.05) is 54.3 Å². The van der Waals surface area contributed by atoms with Crippen LogP contribution in [-0.2, 0) is 32.1 Å². The van der Waals surface area contributed by atoms with Gasteiger partial charge < -0.3 is 20.4 Å². The van der Waals surface area contributed by atoms with Crippen LogP contribution in [0.1, 0.15) is 48.8 Å². The minimum atomic E-state index is -1.15. The first-order valence-corrected chi connectivity index (χ1v) is 11.5. The van der Waals surface area contributed by atoms with Crippen molar-refractivity contribution in [2.45, 2.75) is 57.2 Å². The average Bonchev–Trinajstić information content (AvgIpc) is 3.20. The van der Waals surface area contributed by atoms with Crippen LogP contribution in [-0.4, -0.2) is 50.9 Å². The Morgan fingerprint density at radius 2 is 1.74 bits per heavy atom. The van der Waals surface area contributed by atoms with Crippen LogP contribution >= 0.6 is 0 Å². The first kappa shape index (κ1) is 25.5. The Bertz CT molecular complexity index is 1120. The number of hydrogen-bond donors (Lipinski definition) is 3. The van der Waals surface area contributed by atoms with Crippen LogP contribution in [0.25, 0.3) is 0 Å². The fourth-order valence-corrected chi connectivity index (χ4v) is 3.90. The molecule has 2 aromatic rings. The molecule has 3 rings (SSSR count). The number of nitrogens with one attached hydrogen (secondary N) is 1. The summed E-state index contributed by atoms with van der Waals surface area (Å²) in [5.74, 6) is 3.28. The van der Waals surface area contributed by atoms with Crippen molar-refractivity contribution in [2.75, 3.05) is 0 Å². The molecule has 1 aliphatic heterocycles. The molecule has 0 aliphatic carbocycles. The summed E-state index contributed by atoms with van der Waals surface area (Å²) >= 11 is 0. The van der Waals surface area contributed by atoms with E-state index in [2.05, 4.69) is 17.2 Å². The predicted octanol–water partition coefficient (Wildman–Crippen LogP) is 2.60. The fraction of sp³-hybridized carbons (Fsp3) is 0.333. The van der Waals surface area contributed by atoms with Gasteiger partial charge in [0.2, 0.25) is 11.8 Å². The standard InChI is InChI=1S/C27H28N2O6/c30-24-16-15-23(29(24)18-21-8-4-1-5-9-21)26(33)28-22(27(34)35)17-20-13-11-19(12-14-20)7-3-2-6-10-25(31)32/h1,4-5,8-9,11-14,22-23H,2,6,10,15-18H2,(H,28,33)(H,31,32)(H,34,35)/t22-,23-/m0/s1. The number of carbonyl (C=O) groups is 4. The van der Waals surface area contributed by atoms with Crippen molar-refractivity contribution in [1.82, 2.24) is 10.2 Å². The summed E-state index contributed by atoms with van der Waals surface area (Å²) < 4.78 is 0. The van der Waals surface area contributed by atoms with Crippen molar-refractivity contribution in [3.63, 3.8) is 0 Å². The molecule has 1 saturated heterocycles. The van der Waals surface area contributed by atoms with Gasteiger partial charge in [-0.2, -0.15) is 0 Å². The first-order valence-electron chi connectivity index (χ1n) is 11.5. The van der Waals surface area contributed by atoms with Gasteiger partial charge >= 0.3 is 11.9 Å². The normalized spacial score (nSPS) is 15.7. The Kier molecular flexibility index (Phi) is 9.02. The van der Waals surface area contributed by atoms with Gasteiger partial charge in [0.1, 0.15) is 12.1 Å². The number of benzene rings is 2. The Morgan fingerprint density at radius 1 is 1.03 bits per heavy atom. The van der Waals surface area contributed by atoms with Crippen molar-refractivity contribution in [3.8, 4) is 11.8 Å². The van der Waals surface area contributed by atoms with Gasteiger partial charge in [-0.15, -0.1) is 0 Å². The van der Waals surface area contributed by atoms with Gasteiger partial charge in [-0.25, -0.2) is 4.79 Å². The Balaban J connectivity index is 1.59. The van der Waals surface area contributed by atoms with Crippen LogP contribution in [0.3, 0.4) is 0 Å². The molecule has 0 bridgehead atoms. The monoisotopic (exact) mass is 476 g/mol. The quantitative estimate of drug-likeness (QED) is 0.358. The third kappa shape index (κ3) is 7.71. The zero-order chi connectivity index (χ0) is 25.2. The number of amides is 2. The van der Waals surface area contributed by atoms with E-state index in [1.54, 1.807) is 24.3 Å². The molecule has 8 heteroatoms. The van der Waals surface area contributed by atoms with E-state index in [9.17, 15) is 24.3 Å². The highest BCUT2D eigenvalue weighted by Crippen LogP contribution is 2.22. The number of carbonyl (C=O) groups excluding carboxylic acids is 2. The number of aliphatic carboxylic acids is 2. The van der Waals surface area contributed by atoms with E-state index in [0.717, 1.165) is 16.7 Å². The molecule has 0 saturated carbocycles. The number of carboxylic acid groups (broad SMARTS) is 2. The van der Waals surface area contributed by atoms with Crippen molar-refractivity contribution in [3.05, 3.63) is 71.3 Å². The lowest BCUT2D eigenvalue weighted by Crippen LogP contribution is -2.50. The minimum absolute atomic E-state index is 0.0783. The SMILES string of the molecule is O=C(O)CCCC#Cc1ccc(C[C@H](NC(=O)[C@@H]2CCC(=O)N2Cc2ccccc2)C(=O)O)cc1. The lowest BCUT2D eigenvalue weighted by molar-refractivity contribution is -0.143. The molecule has 8 nitrogen and oxygen atoms in total. The highest BCUT2D eigenvalue weighted by Gasteiger charge is 2.37. The molecule has 1 fully saturated rings. The highest BCUT2D eigenvalue weighted by molar-refractivity contribution is 5.93. The summed E-state index contributed by atoms with van der Waals surface area (Å²) in [6.45, 7) is 0.300. The summed E-state index contributed by atoms with van der Waals surface area (Å²) in [6.07, 6.45) is 1.73. The van der Waals surface area contributed by atoms with Gasteiger partial charge in [-0.05, 0) is 36.1 Å². The molecule has 0 aromatic heterocycles.